The third kappa shape index (κ3) is 4.58. The predicted molar refractivity (Wildman–Crippen MR) is 88.7 cm³/mol. The van der Waals surface area contributed by atoms with Crippen LogP contribution in [0.25, 0.3) is 0 Å². The first-order chi connectivity index (χ1) is 10.6. The molecule has 0 atom stereocenters. The smallest absolute Gasteiger partial charge is 0.227 e. The van der Waals surface area contributed by atoms with E-state index in [4.69, 9.17) is 0 Å². The number of unbranched alkanes of at least 4 members (excludes halogenated alkanes) is 1. The van der Waals surface area contributed by atoms with E-state index in [1.165, 1.54) is 18.4 Å². The highest BCUT2D eigenvalue weighted by Gasteiger charge is 2.25. The number of likely N-dealkylation sites (tertiary alicyclic amines) is 1. The van der Waals surface area contributed by atoms with Crippen LogP contribution in [-0.4, -0.2) is 29.8 Å². The summed E-state index contributed by atoms with van der Waals surface area (Å²) < 4.78 is 0. The Labute approximate surface area is 132 Å². The molecule has 0 spiro atoms. The summed E-state index contributed by atoms with van der Waals surface area (Å²) in [7, 11) is 0. The summed E-state index contributed by atoms with van der Waals surface area (Å²) in [4.78, 5) is 25.4. The number of piperidine rings is 1. The lowest BCUT2D eigenvalue weighted by molar-refractivity contribution is -0.132. The molecular formula is C18H26N2O2. The van der Waals surface area contributed by atoms with Crippen molar-refractivity contribution in [2.45, 2.75) is 46.0 Å². The van der Waals surface area contributed by atoms with Crippen LogP contribution in [0.3, 0.4) is 0 Å². The first-order valence-electron chi connectivity index (χ1n) is 8.25. The molecule has 4 heteroatoms. The summed E-state index contributed by atoms with van der Waals surface area (Å²) in [6, 6.07) is 8.13. The summed E-state index contributed by atoms with van der Waals surface area (Å²) in [5.74, 6) is 0.182. The van der Waals surface area contributed by atoms with E-state index in [1.807, 2.05) is 17.0 Å². The minimum Gasteiger partial charge on any atom is -0.343 e. The second-order valence-electron chi connectivity index (χ2n) is 6.07. The van der Waals surface area contributed by atoms with Gasteiger partial charge in [0.1, 0.15) is 0 Å². The van der Waals surface area contributed by atoms with Crippen molar-refractivity contribution >= 4 is 17.5 Å². The van der Waals surface area contributed by atoms with E-state index in [0.29, 0.717) is 13.1 Å². The first-order valence-corrected chi connectivity index (χ1v) is 8.25. The van der Waals surface area contributed by atoms with Crippen LogP contribution in [0.1, 0.15) is 45.1 Å². The molecule has 22 heavy (non-hydrogen) atoms. The predicted octanol–water partition coefficient (Wildman–Crippen LogP) is 3.23. The normalized spacial score (nSPS) is 15.6. The topological polar surface area (TPSA) is 49.4 Å². The SMILES string of the molecule is CCCCc1ccc(NC(=O)C2CCN(C(C)=O)CC2)cc1. The summed E-state index contributed by atoms with van der Waals surface area (Å²) in [5.41, 5.74) is 2.17. The van der Waals surface area contributed by atoms with E-state index in [-0.39, 0.29) is 17.7 Å². The number of carbonyl (C=O) groups is 2. The maximum absolute atomic E-state index is 12.3. The Bertz CT molecular complexity index is 502. The van der Waals surface area contributed by atoms with Crippen molar-refractivity contribution in [2.24, 2.45) is 5.92 Å². The Morgan fingerprint density at radius 1 is 1.18 bits per heavy atom. The number of aryl methyl sites for hydroxylation is 1. The number of nitrogens with zero attached hydrogens (tertiary/aromatic N) is 1. The number of anilines is 1. The van der Waals surface area contributed by atoms with Crippen molar-refractivity contribution in [3.8, 4) is 0 Å². The molecule has 1 heterocycles. The van der Waals surface area contributed by atoms with E-state index in [1.54, 1.807) is 6.92 Å². The zero-order valence-electron chi connectivity index (χ0n) is 13.6. The molecule has 1 N–H and O–H groups in total. The molecule has 1 aliphatic heterocycles. The third-order valence-electron chi connectivity index (χ3n) is 4.35. The van der Waals surface area contributed by atoms with E-state index in [0.717, 1.165) is 24.9 Å². The van der Waals surface area contributed by atoms with Gasteiger partial charge in [0.15, 0.2) is 0 Å². The molecule has 1 aromatic rings. The van der Waals surface area contributed by atoms with Gasteiger partial charge in [-0.3, -0.25) is 9.59 Å². The molecule has 0 saturated carbocycles. The maximum Gasteiger partial charge on any atom is 0.227 e. The standard InChI is InChI=1S/C18H26N2O2/c1-3-4-5-15-6-8-17(9-7-15)19-18(22)16-10-12-20(13-11-16)14(2)21/h6-9,16H,3-5,10-13H2,1-2H3,(H,19,22). The van der Waals surface area contributed by atoms with Gasteiger partial charge in [-0.15, -0.1) is 0 Å². The van der Waals surface area contributed by atoms with E-state index in [2.05, 4.69) is 24.4 Å². The van der Waals surface area contributed by atoms with Crippen LogP contribution >= 0.6 is 0 Å². The van der Waals surface area contributed by atoms with Crippen molar-refractivity contribution < 1.29 is 9.59 Å². The van der Waals surface area contributed by atoms with Gasteiger partial charge in [0.25, 0.3) is 0 Å². The molecule has 1 fully saturated rings. The molecule has 4 nitrogen and oxygen atoms in total. The monoisotopic (exact) mass is 302 g/mol. The number of amides is 2. The van der Waals surface area contributed by atoms with Crippen LogP contribution in [0.5, 0.6) is 0 Å². The fraction of sp³-hybridized carbons (Fsp3) is 0.556. The maximum atomic E-state index is 12.3. The van der Waals surface area contributed by atoms with Gasteiger partial charge < -0.3 is 10.2 Å². The lowest BCUT2D eigenvalue weighted by atomic mass is 9.95. The van der Waals surface area contributed by atoms with Gasteiger partial charge in [-0.05, 0) is 43.4 Å². The number of hydrogen-bond donors (Lipinski definition) is 1. The number of rotatable bonds is 5. The molecule has 120 valence electrons. The average molecular weight is 302 g/mol. The van der Waals surface area contributed by atoms with Crippen molar-refractivity contribution in [1.29, 1.82) is 0 Å². The molecule has 1 aromatic carbocycles. The summed E-state index contributed by atoms with van der Waals surface area (Å²) in [6.07, 6.45) is 4.98. The summed E-state index contributed by atoms with van der Waals surface area (Å²) in [5, 5.41) is 3.00. The lowest BCUT2D eigenvalue weighted by Crippen LogP contribution is -2.40. The van der Waals surface area contributed by atoms with Gasteiger partial charge in [-0.2, -0.15) is 0 Å². The highest BCUT2D eigenvalue weighted by Crippen LogP contribution is 2.20. The third-order valence-corrected chi connectivity index (χ3v) is 4.35. The molecule has 2 amide bonds. The summed E-state index contributed by atoms with van der Waals surface area (Å²) >= 11 is 0. The van der Waals surface area contributed by atoms with Gasteiger partial charge in [-0.25, -0.2) is 0 Å². The fourth-order valence-corrected chi connectivity index (χ4v) is 2.84. The Morgan fingerprint density at radius 2 is 1.82 bits per heavy atom. The number of hydrogen-bond acceptors (Lipinski definition) is 2. The van der Waals surface area contributed by atoms with Gasteiger partial charge in [-0.1, -0.05) is 25.5 Å². The molecule has 2 rings (SSSR count). The van der Waals surface area contributed by atoms with Gasteiger partial charge >= 0.3 is 0 Å². The Hall–Kier alpha value is -1.84. The molecule has 0 aliphatic carbocycles. The number of benzene rings is 1. The zero-order valence-corrected chi connectivity index (χ0v) is 13.6. The van der Waals surface area contributed by atoms with Gasteiger partial charge in [0.05, 0.1) is 0 Å². The van der Waals surface area contributed by atoms with Gasteiger partial charge in [0.2, 0.25) is 11.8 Å². The van der Waals surface area contributed by atoms with Crippen LogP contribution in [0, 0.1) is 5.92 Å². The molecule has 1 saturated heterocycles. The van der Waals surface area contributed by atoms with Crippen LogP contribution in [-0.2, 0) is 16.0 Å². The second kappa shape index (κ2) is 7.97. The second-order valence-corrected chi connectivity index (χ2v) is 6.07. The Morgan fingerprint density at radius 3 is 2.36 bits per heavy atom. The zero-order chi connectivity index (χ0) is 15.9. The van der Waals surface area contributed by atoms with Crippen LogP contribution in [0.2, 0.25) is 0 Å². The molecular weight excluding hydrogens is 276 g/mol. The molecule has 0 bridgehead atoms. The van der Waals surface area contributed by atoms with Gasteiger partial charge in [0, 0.05) is 31.6 Å². The average Bonchev–Trinajstić information content (AvgIpc) is 2.54. The molecule has 1 aliphatic rings. The molecule has 0 aromatic heterocycles. The van der Waals surface area contributed by atoms with Crippen LogP contribution in [0.15, 0.2) is 24.3 Å². The van der Waals surface area contributed by atoms with Crippen molar-refractivity contribution in [1.82, 2.24) is 4.90 Å². The van der Waals surface area contributed by atoms with Crippen molar-refractivity contribution in [3.63, 3.8) is 0 Å². The van der Waals surface area contributed by atoms with Crippen LogP contribution < -0.4 is 5.32 Å². The lowest BCUT2D eigenvalue weighted by Gasteiger charge is -2.30. The first kappa shape index (κ1) is 16.5. The van der Waals surface area contributed by atoms with Crippen molar-refractivity contribution in [2.75, 3.05) is 18.4 Å². The van der Waals surface area contributed by atoms with E-state index in [9.17, 15) is 9.59 Å². The van der Waals surface area contributed by atoms with Crippen molar-refractivity contribution in [3.05, 3.63) is 29.8 Å². The number of nitrogens with one attached hydrogen (secondary N) is 1. The largest absolute Gasteiger partial charge is 0.343 e. The summed E-state index contributed by atoms with van der Waals surface area (Å²) in [6.45, 7) is 5.14. The highest BCUT2D eigenvalue weighted by atomic mass is 16.2. The molecule has 0 unspecified atom stereocenters. The van der Waals surface area contributed by atoms with Crippen LogP contribution in [0.4, 0.5) is 5.69 Å². The quantitative estimate of drug-likeness (QED) is 0.908. The van der Waals surface area contributed by atoms with E-state index < -0.39 is 0 Å². The minimum atomic E-state index is 0.00960. The fourth-order valence-electron chi connectivity index (χ4n) is 2.84. The molecule has 0 radical (unpaired) electrons. The Balaban J connectivity index is 1.83. The minimum absolute atomic E-state index is 0.00960. The number of carbonyl (C=O) groups excluding carboxylic acids is 2. The van der Waals surface area contributed by atoms with E-state index >= 15 is 0 Å². The Kier molecular flexibility index (Phi) is 5.99. The highest BCUT2D eigenvalue weighted by molar-refractivity contribution is 5.92.